The van der Waals surface area contributed by atoms with E-state index in [-0.39, 0.29) is 11.9 Å². The van der Waals surface area contributed by atoms with Gasteiger partial charge < -0.3 is 14.6 Å². The van der Waals surface area contributed by atoms with Crippen molar-refractivity contribution in [1.82, 2.24) is 9.55 Å². The fourth-order valence-corrected chi connectivity index (χ4v) is 1.95. The molecule has 1 aromatic heterocycles. The second-order valence-corrected chi connectivity index (χ2v) is 4.52. The van der Waals surface area contributed by atoms with Crippen LogP contribution in [-0.2, 0) is 4.74 Å². The molecule has 0 radical (unpaired) electrons. The van der Waals surface area contributed by atoms with E-state index in [1.165, 1.54) is 6.07 Å². The van der Waals surface area contributed by atoms with Crippen molar-refractivity contribution in [2.75, 3.05) is 19.0 Å². The largest absolute Gasteiger partial charge is 0.383 e. The molecule has 1 N–H and O–H groups in total. The smallest absolute Gasteiger partial charge is 0.207 e. The zero-order valence-electron chi connectivity index (χ0n) is 11.4. The van der Waals surface area contributed by atoms with Crippen LogP contribution in [0.2, 0.25) is 0 Å². The van der Waals surface area contributed by atoms with Crippen molar-refractivity contribution in [2.24, 2.45) is 0 Å². The molecule has 19 heavy (non-hydrogen) atoms. The summed E-state index contributed by atoms with van der Waals surface area (Å²) in [5.41, 5.74) is 1.29. The number of para-hydroxylation sites is 1. The van der Waals surface area contributed by atoms with Crippen LogP contribution in [0.15, 0.2) is 30.5 Å². The van der Waals surface area contributed by atoms with Gasteiger partial charge in [0, 0.05) is 13.3 Å². The molecule has 0 amide bonds. The van der Waals surface area contributed by atoms with Crippen LogP contribution < -0.4 is 5.32 Å². The predicted octanol–water partition coefficient (Wildman–Crippen LogP) is 3.28. The van der Waals surface area contributed by atoms with Gasteiger partial charge in [0.1, 0.15) is 5.82 Å². The second kappa shape index (κ2) is 5.84. The molecule has 2 aromatic rings. The van der Waals surface area contributed by atoms with Crippen molar-refractivity contribution in [3.8, 4) is 0 Å². The Bertz CT molecular complexity index is 553. The van der Waals surface area contributed by atoms with E-state index < -0.39 is 0 Å². The fraction of sp³-hybridized carbons (Fsp3) is 0.357. The highest BCUT2D eigenvalue weighted by Crippen LogP contribution is 2.22. The van der Waals surface area contributed by atoms with Crippen LogP contribution in [0.3, 0.4) is 0 Å². The van der Waals surface area contributed by atoms with Gasteiger partial charge in [0.2, 0.25) is 5.95 Å². The van der Waals surface area contributed by atoms with Gasteiger partial charge in [-0.15, -0.1) is 0 Å². The maximum atomic E-state index is 13.6. The minimum absolute atomic E-state index is 0.125. The van der Waals surface area contributed by atoms with Gasteiger partial charge in [-0.05, 0) is 26.0 Å². The van der Waals surface area contributed by atoms with Crippen LogP contribution in [-0.4, -0.2) is 23.3 Å². The lowest BCUT2D eigenvalue weighted by Crippen LogP contribution is -2.13. The fourth-order valence-electron chi connectivity index (χ4n) is 1.95. The number of anilines is 2. The molecule has 1 atom stereocenters. The lowest BCUT2D eigenvalue weighted by atomic mass is 10.3. The second-order valence-electron chi connectivity index (χ2n) is 4.52. The summed E-state index contributed by atoms with van der Waals surface area (Å²) in [6.07, 6.45) is 1.92. The van der Waals surface area contributed by atoms with Crippen LogP contribution >= 0.6 is 0 Å². The zero-order chi connectivity index (χ0) is 13.8. The monoisotopic (exact) mass is 263 g/mol. The molecule has 0 aliphatic heterocycles. The number of halogens is 1. The van der Waals surface area contributed by atoms with E-state index in [0.29, 0.717) is 18.2 Å². The molecule has 4 nitrogen and oxygen atoms in total. The summed E-state index contributed by atoms with van der Waals surface area (Å²) >= 11 is 0. The van der Waals surface area contributed by atoms with Crippen molar-refractivity contribution < 1.29 is 9.13 Å². The van der Waals surface area contributed by atoms with E-state index in [9.17, 15) is 4.39 Å². The number of nitrogens with one attached hydrogen (secondary N) is 1. The molecule has 0 aliphatic rings. The van der Waals surface area contributed by atoms with Crippen molar-refractivity contribution in [3.05, 3.63) is 42.0 Å². The van der Waals surface area contributed by atoms with E-state index in [0.717, 1.165) is 5.69 Å². The number of hydrogen-bond donors (Lipinski definition) is 1. The topological polar surface area (TPSA) is 39.1 Å². The molecular formula is C14H18FN3O. The third-order valence-electron chi connectivity index (χ3n) is 2.86. The molecule has 0 bridgehead atoms. The Labute approximate surface area is 112 Å². The minimum Gasteiger partial charge on any atom is -0.383 e. The summed E-state index contributed by atoms with van der Waals surface area (Å²) in [7, 11) is 1.66. The third kappa shape index (κ3) is 3.12. The van der Waals surface area contributed by atoms with Crippen LogP contribution in [0.25, 0.3) is 0 Å². The summed E-state index contributed by atoms with van der Waals surface area (Å²) in [6.45, 7) is 4.50. The van der Waals surface area contributed by atoms with E-state index >= 15 is 0 Å². The third-order valence-corrected chi connectivity index (χ3v) is 2.86. The number of methoxy groups -OCH3 is 1. The molecule has 0 fully saturated rings. The Balaban J connectivity index is 2.27. The lowest BCUT2D eigenvalue weighted by Gasteiger charge is -2.16. The summed E-state index contributed by atoms with van der Waals surface area (Å²) in [6, 6.07) is 6.67. The van der Waals surface area contributed by atoms with Gasteiger partial charge in [0.25, 0.3) is 0 Å². The first-order valence-corrected chi connectivity index (χ1v) is 6.17. The minimum atomic E-state index is -0.297. The van der Waals surface area contributed by atoms with E-state index in [1.807, 2.05) is 24.6 Å². The first-order chi connectivity index (χ1) is 9.11. The van der Waals surface area contributed by atoms with E-state index in [1.54, 1.807) is 25.3 Å². The normalized spacial score (nSPS) is 12.4. The van der Waals surface area contributed by atoms with Gasteiger partial charge in [-0.25, -0.2) is 9.37 Å². The first-order valence-electron chi connectivity index (χ1n) is 6.17. The summed E-state index contributed by atoms with van der Waals surface area (Å²) in [4.78, 5) is 4.38. The molecule has 1 unspecified atom stereocenters. The maximum absolute atomic E-state index is 13.6. The number of hydrogen-bond acceptors (Lipinski definition) is 3. The van der Waals surface area contributed by atoms with Gasteiger partial charge in [-0.3, -0.25) is 0 Å². The highest BCUT2D eigenvalue weighted by atomic mass is 19.1. The highest BCUT2D eigenvalue weighted by molar-refractivity contribution is 5.54. The van der Waals surface area contributed by atoms with Crippen LogP contribution in [0.5, 0.6) is 0 Å². The summed E-state index contributed by atoms with van der Waals surface area (Å²) in [5.74, 6) is 0.321. The number of aryl methyl sites for hydroxylation is 1. The molecule has 0 spiro atoms. The standard InChI is InChI=1S/C14H18FN3O/c1-10-8-18(11(2)9-19-3)14(16-10)17-13-7-5-4-6-12(13)15/h4-8,11H,9H2,1-3H3,(H,16,17). The molecule has 1 aromatic carbocycles. The number of nitrogens with zero attached hydrogens (tertiary/aromatic N) is 2. The number of ether oxygens (including phenoxy) is 1. The molecule has 1 heterocycles. The summed E-state index contributed by atoms with van der Waals surface area (Å²) < 4.78 is 20.7. The highest BCUT2D eigenvalue weighted by Gasteiger charge is 2.13. The molecule has 2 rings (SSSR count). The van der Waals surface area contributed by atoms with Crippen LogP contribution in [0.1, 0.15) is 18.7 Å². The Morgan fingerprint density at radius 2 is 2.16 bits per heavy atom. The van der Waals surface area contributed by atoms with Crippen LogP contribution in [0.4, 0.5) is 16.0 Å². The Kier molecular flexibility index (Phi) is 4.16. The predicted molar refractivity (Wildman–Crippen MR) is 73.2 cm³/mol. The van der Waals surface area contributed by atoms with Gasteiger partial charge in [-0.1, -0.05) is 12.1 Å². The SMILES string of the molecule is COCC(C)n1cc(C)nc1Nc1ccccc1F. The van der Waals surface area contributed by atoms with Gasteiger partial charge in [0.15, 0.2) is 0 Å². The Hall–Kier alpha value is -1.88. The van der Waals surface area contributed by atoms with Crippen molar-refractivity contribution in [1.29, 1.82) is 0 Å². The molecule has 0 saturated heterocycles. The Morgan fingerprint density at radius 1 is 1.42 bits per heavy atom. The van der Waals surface area contributed by atoms with Gasteiger partial charge in [-0.2, -0.15) is 0 Å². The van der Waals surface area contributed by atoms with Gasteiger partial charge >= 0.3 is 0 Å². The number of benzene rings is 1. The average molecular weight is 263 g/mol. The quantitative estimate of drug-likeness (QED) is 0.899. The molecule has 0 aliphatic carbocycles. The number of rotatable bonds is 5. The maximum Gasteiger partial charge on any atom is 0.207 e. The number of aromatic nitrogens is 2. The summed E-state index contributed by atoms with van der Waals surface area (Å²) in [5, 5.41) is 3.02. The average Bonchev–Trinajstić information content (AvgIpc) is 2.74. The Morgan fingerprint density at radius 3 is 2.84 bits per heavy atom. The van der Waals surface area contributed by atoms with E-state index in [4.69, 9.17) is 4.74 Å². The van der Waals surface area contributed by atoms with Gasteiger partial charge in [0.05, 0.1) is 24.0 Å². The van der Waals surface area contributed by atoms with Crippen molar-refractivity contribution in [3.63, 3.8) is 0 Å². The molecule has 0 saturated carbocycles. The zero-order valence-corrected chi connectivity index (χ0v) is 11.4. The number of imidazole rings is 1. The van der Waals surface area contributed by atoms with E-state index in [2.05, 4.69) is 10.3 Å². The van der Waals surface area contributed by atoms with Crippen molar-refractivity contribution >= 4 is 11.6 Å². The van der Waals surface area contributed by atoms with Crippen LogP contribution in [0, 0.1) is 12.7 Å². The van der Waals surface area contributed by atoms with Crippen molar-refractivity contribution in [2.45, 2.75) is 19.9 Å². The lowest BCUT2D eigenvalue weighted by molar-refractivity contribution is 0.163. The molecule has 5 heteroatoms. The first kappa shape index (κ1) is 13.5. The molecule has 102 valence electrons. The molecular weight excluding hydrogens is 245 g/mol.